The van der Waals surface area contributed by atoms with Crippen molar-refractivity contribution in [3.05, 3.63) is 362 Å². The summed E-state index contributed by atoms with van der Waals surface area (Å²) in [5.41, 5.74) is 23.5. The second-order valence-electron chi connectivity index (χ2n) is 35.2. The van der Waals surface area contributed by atoms with Crippen molar-refractivity contribution in [3.63, 3.8) is 0 Å². The van der Waals surface area contributed by atoms with E-state index in [1.165, 1.54) is 65.1 Å². The molecule has 762 valence electrons. The summed E-state index contributed by atoms with van der Waals surface area (Å²) in [6, 6.07) is 85.4. The van der Waals surface area contributed by atoms with Gasteiger partial charge in [-0.05, 0) is 198 Å². The van der Waals surface area contributed by atoms with E-state index < -0.39 is 59.7 Å². The topological polar surface area (TPSA) is 359 Å². The molecule has 5 heterocycles. The minimum atomic E-state index is -0.935. The maximum absolute atomic E-state index is 12.5. The van der Waals surface area contributed by atoms with Gasteiger partial charge in [0, 0.05) is 68.0 Å². The quantitative estimate of drug-likeness (QED) is 0.0162. The van der Waals surface area contributed by atoms with Gasteiger partial charge < -0.3 is 48.7 Å². The molecule has 4 aliphatic rings. The number of rotatable bonds is 24. The van der Waals surface area contributed by atoms with Crippen molar-refractivity contribution in [3.8, 4) is 67.3 Å². The second kappa shape index (κ2) is 54.0. The average Bonchev–Trinajstić information content (AvgIpc) is 1.59. The molecular formula is C111H105BBr2Cl4LiN7O18S4. The monoisotopic (exact) mass is 2270 g/mol. The van der Waals surface area contributed by atoms with E-state index in [2.05, 4.69) is 111 Å². The molecule has 0 bridgehead atoms. The van der Waals surface area contributed by atoms with Gasteiger partial charge >= 0.3 is 62.3 Å². The Morgan fingerprint density at radius 3 is 1.03 bits per heavy atom. The van der Waals surface area contributed by atoms with Crippen LogP contribution in [0.3, 0.4) is 0 Å². The van der Waals surface area contributed by atoms with Gasteiger partial charge in [0.15, 0.2) is 0 Å². The smallest absolute Gasteiger partial charge is 0.870 e. The molecule has 4 atom stereocenters. The van der Waals surface area contributed by atoms with E-state index in [4.69, 9.17) is 99.2 Å². The molecule has 3 aliphatic carbocycles. The minimum Gasteiger partial charge on any atom is -0.870 e. The third-order valence-electron chi connectivity index (χ3n) is 24.9. The zero-order valence-corrected chi connectivity index (χ0v) is 91.0. The van der Waals surface area contributed by atoms with Crippen LogP contribution in [0.2, 0.25) is 20.1 Å². The summed E-state index contributed by atoms with van der Waals surface area (Å²) >= 11 is 36.2. The first-order valence-corrected chi connectivity index (χ1v) is 52.3. The molecule has 1 aliphatic heterocycles. The number of ether oxygens (including phenoxy) is 5. The van der Waals surface area contributed by atoms with Crippen LogP contribution in [-0.4, -0.2) is 104 Å². The normalized spacial score (nSPS) is 14.5. The number of aliphatic hydroxyl groups is 1. The van der Waals surface area contributed by atoms with Crippen LogP contribution in [-0.2, 0) is 68.6 Å². The van der Waals surface area contributed by atoms with Crippen molar-refractivity contribution in [2.75, 3.05) is 23.1 Å². The second-order valence-corrected chi connectivity index (χ2v) is 42.0. The number of nitrogens with one attached hydrogen (secondary N) is 3. The molecule has 1 saturated heterocycles. The summed E-state index contributed by atoms with van der Waals surface area (Å²) in [5.74, 6) is -1.08. The van der Waals surface area contributed by atoms with E-state index in [0.29, 0.717) is 64.1 Å². The van der Waals surface area contributed by atoms with Gasteiger partial charge in [-0.15, -0.1) is 45.3 Å². The molecule has 148 heavy (non-hydrogen) atoms. The third-order valence-corrected chi connectivity index (χ3v) is 30.3. The Hall–Kier alpha value is -11.8. The summed E-state index contributed by atoms with van der Waals surface area (Å²) in [6.07, 6.45) is 2.66. The van der Waals surface area contributed by atoms with Crippen LogP contribution in [0.25, 0.3) is 67.3 Å². The Bertz CT molecular complexity index is 7000. The number of halogens is 6. The number of esters is 1. The molecule has 3 saturated carbocycles. The van der Waals surface area contributed by atoms with Gasteiger partial charge in [-0.2, -0.15) is 9.59 Å². The average molecular weight is 2270 g/mol. The first kappa shape index (κ1) is 118. The molecule has 37 heteroatoms. The zero-order chi connectivity index (χ0) is 104. The van der Waals surface area contributed by atoms with Crippen LogP contribution < -0.4 is 40.3 Å². The molecule has 0 spiro atoms. The molecule has 4 fully saturated rings. The maximum atomic E-state index is 12.5. The Balaban J connectivity index is 0.000000187. The van der Waals surface area contributed by atoms with E-state index in [9.17, 15) is 28.8 Å². The third kappa shape index (κ3) is 30.7. The van der Waals surface area contributed by atoms with Crippen molar-refractivity contribution in [2.45, 2.75) is 160 Å². The number of nitrogens with zero attached hydrogens (tertiary/aromatic N) is 4. The van der Waals surface area contributed by atoms with E-state index >= 15 is 0 Å². The fourth-order valence-corrected chi connectivity index (χ4v) is 19.8. The standard InChI is InChI=1S/C28H23ClN2O4S.C28H25ClN2O2S.C18H14BrClN2O2S.C17H23BO4.C10H6BrNO2S.C8H9ClO.CO2.CH4.Li.H2O/c1-18(23-4-2-3-5-24(23)29)35-27(33)31-26-25(30-16-36-26)21-8-6-19(7-9-21)20-10-12-22(13-11-20)28(14-15-28)34-17-32;1-18(23-5-3-4-6-24(23)29)33-27(32)31-26-25(30-17-34-26)21-9-7-19(8-10-21)20-11-13-22(14-12-20)28(2)15-16-28;1-11(14-4-2-3-5-15(14)20)24-18(23)22-17-16(21-10-25-17)12-6-8-13(19)9-7-12;1-15(2)16(3,4)22-18(21-15)13-8-6-12(7-9-13)17(10-11-17)14(19)20-5;11-7-3-1-6(2-4-7)8-9(10(13)14)15-5-12-8;1-6(10)7-4-2-3-5-8(7)9;2-1-3;;;/h2-13,16-18H,14-15H2,1H3,(H,31,33);3-14,17-18H,15-16H2,1-2H3,(H,31,32);2-11H,1H3,(H,22,23);6-9H,10-11H2,1-5H3;1-5H,(H,13,14);2-6,10H,1H3;;1H4;;1H2/q;;;;;;;;+1;/p-1/t2*18-;11-;;;6-;;;;/m111..0..../s1. The van der Waals surface area contributed by atoms with Crippen molar-refractivity contribution < 1.29 is 106 Å². The number of anilines is 3. The summed E-state index contributed by atoms with van der Waals surface area (Å²) < 4.78 is 40.7. The number of carboxylic acids is 1. The molecular weight excluding hydrogens is 2170 g/mol. The van der Waals surface area contributed by atoms with Gasteiger partial charge in [0.2, 0.25) is 0 Å². The number of amides is 3. The number of carbonyl (C=O) groups excluding carboxylic acids is 7. The predicted octanol–water partition coefficient (Wildman–Crippen LogP) is 27.4. The zero-order valence-electron chi connectivity index (χ0n) is 81.6. The van der Waals surface area contributed by atoms with Crippen LogP contribution in [0, 0.1) is 0 Å². The minimum absolute atomic E-state index is 0. The first-order valence-electron chi connectivity index (χ1n) is 45.7. The maximum Gasteiger partial charge on any atom is 1.00 e. The fourth-order valence-electron chi connectivity index (χ4n) is 15.4. The number of aromatic carboxylic acids is 1. The van der Waals surface area contributed by atoms with Crippen LogP contribution in [0.5, 0.6) is 0 Å². The molecule has 0 unspecified atom stereocenters. The molecule has 6 N–H and O–H groups in total. The van der Waals surface area contributed by atoms with Crippen LogP contribution in [0.4, 0.5) is 29.4 Å². The van der Waals surface area contributed by atoms with E-state index in [0.717, 1.165) is 129 Å². The Morgan fingerprint density at radius 1 is 0.432 bits per heavy atom. The van der Waals surface area contributed by atoms with Crippen LogP contribution >= 0.6 is 124 Å². The van der Waals surface area contributed by atoms with Crippen LogP contribution in [0.1, 0.15) is 181 Å². The van der Waals surface area contributed by atoms with Gasteiger partial charge in [0.1, 0.15) is 60.9 Å². The molecule has 0 radical (unpaired) electrons. The van der Waals surface area contributed by atoms with Crippen molar-refractivity contribution >= 4 is 194 Å². The SMILES string of the molecule is C.COC(=O)C1(c2ccc(B3OC(C)(C)C(C)(C)O3)cc2)CC1.C[C@@H](OC(=O)Nc1scnc1-c1ccc(-c2ccc(C3(C)CC3)cc2)cc1)c1ccccc1Cl.C[C@@H](OC(=O)Nc1scnc1-c1ccc(-c2ccc(C3(OC=O)CC3)cc2)cc1)c1ccccc1Cl.C[C@@H](OC(=O)Nc1scnc1-c1ccc(Br)cc1)c1ccccc1Cl.C[C@H](O)c1ccccc1Cl.O=C(O)c1scnc1-c1ccc(Br)cc1.O=C=O.[Li+].[OH-]. The summed E-state index contributed by atoms with van der Waals surface area (Å²) in [5, 5.41) is 30.6. The summed E-state index contributed by atoms with van der Waals surface area (Å²) in [4.78, 5) is 105. The predicted molar refractivity (Wildman–Crippen MR) is 589 cm³/mol. The Kier molecular flexibility index (Phi) is 43.1. The molecule has 3 amide bonds. The molecule has 15 aromatic rings. The van der Waals surface area contributed by atoms with E-state index in [1.54, 1.807) is 74.0 Å². The van der Waals surface area contributed by atoms with Gasteiger partial charge in [-0.3, -0.25) is 25.5 Å². The number of thiazole rings is 4. The number of methoxy groups -OCH3 is 1. The summed E-state index contributed by atoms with van der Waals surface area (Å²) in [7, 11) is 1.08. The number of hydrogen-bond donors (Lipinski definition) is 5. The number of aromatic nitrogens is 4. The largest absolute Gasteiger partial charge is 1.00 e. The van der Waals surface area contributed by atoms with Gasteiger partial charge in [0.05, 0.1) is 57.6 Å². The van der Waals surface area contributed by atoms with Crippen molar-refractivity contribution in [2.24, 2.45) is 0 Å². The van der Waals surface area contributed by atoms with Crippen LogP contribution in [0.15, 0.2) is 298 Å². The number of carbonyl (C=O) groups is 6. The number of carboxylic acid groups (broad SMARTS) is 1. The Morgan fingerprint density at radius 2 is 0.730 bits per heavy atom. The fraction of sp³-hybridized carbons (Fsp3) is 0.234. The number of aliphatic hydroxyl groups excluding tert-OH is 1. The summed E-state index contributed by atoms with van der Waals surface area (Å²) in [6.45, 7) is 18.1. The Labute approximate surface area is 924 Å². The van der Waals surface area contributed by atoms with E-state index in [1.807, 2.05) is 234 Å². The van der Waals surface area contributed by atoms with Gasteiger partial charge in [-0.1, -0.05) is 311 Å². The van der Waals surface area contributed by atoms with Gasteiger partial charge in [0.25, 0.3) is 6.47 Å². The molecule has 19 rings (SSSR count). The number of benzene rings is 11. The first-order chi connectivity index (χ1) is 69.5. The van der Waals surface area contributed by atoms with Crippen molar-refractivity contribution in [1.82, 2.24) is 19.9 Å². The van der Waals surface area contributed by atoms with Crippen molar-refractivity contribution in [1.29, 1.82) is 0 Å². The molecule has 11 aromatic carbocycles. The molecule has 25 nitrogen and oxygen atoms in total. The van der Waals surface area contributed by atoms with E-state index in [-0.39, 0.29) is 67.1 Å². The van der Waals surface area contributed by atoms with Gasteiger partial charge in [-0.25, -0.2) is 39.1 Å². The molecule has 4 aromatic heterocycles. The number of hydrogen-bond acceptors (Lipinski definition) is 25.